The third-order valence-electron chi connectivity index (χ3n) is 3.11. The van der Waals surface area contributed by atoms with Crippen LogP contribution in [0.2, 0.25) is 25.7 Å². The fourth-order valence-electron chi connectivity index (χ4n) is 1.74. The van der Waals surface area contributed by atoms with E-state index in [1.165, 1.54) is 6.04 Å². The van der Waals surface area contributed by atoms with Crippen molar-refractivity contribution in [1.82, 2.24) is 9.55 Å². The molecule has 2 rings (SSSR count). The van der Waals surface area contributed by atoms with E-state index in [0.29, 0.717) is 6.73 Å². The van der Waals surface area contributed by atoms with Gasteiger partial charge in [-0.25, -0.2) is 4.98 Å². The second kappa shape index (κ2) is 7.77. The molecule has 1 heterocycles. The number of rotatable bonds is 5. The Morgan fingerprint density at radius 1 is 1.18 bits per heavy atom. The number of imidazole rings is 1. The topological polar surface area (TPSA) is 27.1 Å². The molecule has 116 valence electrons. The lowest BCUT2D eigenvalue weighted by Gasteiger charge is -2.15. The van der Waals surface area contributed by atoms with Crippen molar-refractivity contribution in [2.45, 2.75) is 32.4 Å². The van der Waals surface area contributed by atoms with Gasteiger partial charge in [-0.3, -0.25) is 0 Å². The minimum absolute atomic E-state index is 0.509. The second-order valence-electron chi connectivity index (χ2n) is 6.33. The predicted octanol–water partition coefficient (Wildman–Crippen LogP) is 4.36. The Labute approximate surface area is 141 Å². The molecule has 0 N–H and O–H groups in total. The number of benzene rings is 1. The van der Waals surface area contributed by atoms with E-state index in [1.54, 1.807) is 6.20 Å². The van der Waals surface area contributed by atoms with E-state index in [1.807, 2.05) is 35.0 Å². The molecule has 0 bridgehead atoms. The molecule has 22 heavy (non-hydrogen) atoms. The number of aromatic nitrogens is 2. The number of nitrogens with zero attached hydrogens (tertiary/aromatic N) is 2. The van der Waals surface area contributed by atoms with Gasteiger partial charge in [0.1, 0.15) is 6.73 Å². The van der Waals surface area contributed by atoms with Crippen molar-refractivity contribution in [3.8, 4) is 11.8 Å². The molecule has 3 nitrogen and oxygen atoms in total. The number of hydrogen-bond donors (Lipinski definition) is 0. The Kier molecular flexibility index (Phi) is 6.01. The standard InChI is InChI=1S/C17H21BrN2OSi/c1-22(2,3)13-12-21-14-20-11-10-19-17(20)9-6-15-4-7-16(18)8-5-15/h4-5,7-8,10-11H,12-14H2,1-3H3. The lowest BCUT2D eigenvalue weighted by Crippen LogP contribution is -2.22. The summed E-state index contributed by atoms with van der Waals surface area (Å²) in [4.78, 5) is 4.29. The highest BCUT2D eigenvalue weighted by Gasteiger charge is 2.12. The average Bonchev–Trinajstić information content (AvgIpc) is 2.89. The normalized spacial score (nSPS) is 11.1. The van der Waals surface area contributed by atoms with Gasteiger partial charge in [0.2, 0.25) is 0 Å². The number of halogens is 1. The molecule has 0 unspecified atom stereocenters. The first kappa shape index (κ1) is 17.0. The Balaban J connectivity index is 1.94. The van der Waals surface area contributed by atoms with Gasteiger partial charge < -0.3 is 9.30 Å². The molecule has 0 radical (unpaired) electrons. The van der Waals surface area contributed by atoms with Gasteiger partial charge in [0, 0.05) is 37.1 Å². The third kappa shape index (κ3) is 5.80. The van der Waals surface area contributed by atoms with E-state index in [2.05, 4.69) is 52.4 Å². The van der Waals surface area contributed by atoms with Crippen LogP contribution in [-0.4, -0.2) is 24.2 Å². The maximum atomic E-state index is 5.75. The molecule has 0 saturated carbocycles. The van der Waals surface area contributed by atoms with E-state index < -0.39 is 8.07 Å². The minimum Gasteiger partial charge on any atom is -0.361 e. The fourth-order valence-corrected chi connectivity index (χ4v) is 2.76. The highest BCUT2D eigenvalue weighted by Crippen LogP contribution is 2.10. The van der Waals surface area contributed by atoms with Gasteiger partial charge in [0.15, 0.2) is 5.82 Å². The van der Waals surface area contributed by atoms with Gasteiger partial charge in [0.25, 0.3) is 0 Å². The number of hydrogen-bond acceptors (Lipinski definition) is 2. The summed E-state index contributed by atoms with van der Waals surface area (Å²) in [5.74, 6) is 6.96. The Hall–Kier alpha value is -1.35. The third-order valence-corrected chi connectivity index (χ3v) is 5.34. The highest BCUT2D eigenvalue weighted by molar-refractivity contribution is 9.10. The van der Waals surface area contributed by atoms with Crippen LogP contribution in [0.3, 0.4) is 0 Å². The lowest BCUT2D eigenvalue weighted by molar-refractivity contribution is 0.0866. The highest BCUT2D eigenvalue weighted by atomic mass is 79.9. The van der Waals surface area contributed by atoms with Gasteiger partial charge in [-0.1, -0.05) is 41.5 Å². The molecule has 0 aliphatic rings. The smallest absolute Gasteiger partial charge is 0.187 e. The van der Waals surface area contributed by atoms with Gasteiger partial charge in [0.05, 0.1) is 0 Å². The SMILES string of the molecule is C[Si](C)(C)CCOCn1ccnc1C#Cc1ccc(Br)cc1. The molecule has 0 fully saturated rings. The largest absolute Gasteiger partial charge is 0.361 e. The molecule has 0 atom stereocenters. The molecule has 0 spiro atoms. The lowest BCUT2D eigenvalue weighted by atomic mass is 10.2. The van der Waals surface area contributed by atoms with Crippen LogP contribution in [0.4, 0.5) is 0 Å². The summed E-state index contributed by atoms with van der Waals surface area (Å²) in [5.41, 5.74) is 0.970. The molecule has 5 heteroatoms. The van der Waals surface area contributed by atoms with Gasteiger partial charge in [-0.2, -0.15) is 0 Å². The maximum Gasteiger partial charge on any atom is 0.187 e. The maximum absolute atomic E-state index is 5.75. The summed E-state index contributed by atoms with van der Waals surface area (Å²) in [6, 6.07) is 9.09. The first-order chi connectivity index (χ1) is 10.4. The summed E-state index contributed by atoms with van der Waals surface area (Å²) in [6.45, 7) is 8.36. The van der Waals surface area contributed by atoms with E-state index in [0.717, 1.165) is 22.5 Å². The van der Waals surface area contributed by atoms with Crippen molar-refractivity contribution in [1.29, 1.82) is 0 Å². The Bertz CT molecular complexity index is 662. The Morgan fingerprint density at radius 2 is 1.91 bits per heavy atom. The monoisotopic (exact) mass is 376 g/mol. The van der Waals surface area contributed by atoms with E-state index in [9.17, 15) is 0 Å². The van der Waals surface area contributed by atoms with Crippen LogP contribution in [0.15, 0.2) is 41.1 Å². The van der Waals surface area contributed by atoms with Crippen molar-refractivity contribution >= 4 is 24.0 Å². The first-order valence-electron chi connectivity index (χ1n) is 7.30. The van der Waals surface area contributed by atoms with Crippen LogP contribution in [0.5, 0.6) is 0 Å². The van der Waals surface area contributed by atoms with Crippen LogP contribution in [0.1, 0.15) is 11.4 Å². The van der Waals surface area contributed by atoms with Gasteiger partial charge >= 0.3 is 0 Å². The summed E-state index contributed by atoms with van der Waals surface area (Å²) >= 11 is 3.42. The van der Waals surface area contributed by atoms with Crippen molar-refractivity contribution in [2.75, 3.05) is 6.61 Å². The van der Waals surface area contributed by atoms with E-state index in [-0.39, 0.29) is 0 Å². The van der Waals surface area contributed by atoms with Crippen molar-refractivity contribution in [3.63, 3.8) is 0 Å². The van der Waals surface area contributed by atoms with E-state index in [4.69, 9.17) is 4.74 Å². The summed E-state index contributed by atoms with van der Waals surface area (Å²) in [5, 5.41) is 0. The second-order valence-corrected chi connectivity index (χ2v) is 12.9. The van der Waals surface area contributed by atoms with Crippen LogP contribution in [-0.2, 0) is 11.5 Å². The van der Waals surface area contributed by atoms with Gasteiger partial charge in [-0.05, 0) is 36.2 Å². The molecule has 0 aliphatic carbocycles. The van der Waals surface area contributed by atoms with Crippen molar-refractivity contribution < 1.29 is 4.74 Å². The fraction of sp³-hybridized carbons (Fsp3) is 0.353. The van der Waals surface area contributed by atoms with E-state index >= 15 is 0 Å². The molecular formula is C17H21BrN2OSi. The Morgan fingerprint density at radius 3 is 2.59 bits per heavy atom. The summed E-state index contributed by atoms with van der Waals surface area (Å²) < 4.78 is 8.74. The summed E-state index contributed by atoms with van der Waals surface area (Å²) in [6.07, 6.45) is 3.66. The van der Waals surface area contributed by atoms with Crippen LogP contribution in [0.25, 0.3) is 0 Å². The first-order valence-corrected chi connectivity index (χ1v) is 11.8. The molecule has 1 aromatic carbocycles. The van der Waals surface area contributed by atoms with Crippen LogP contribution < -0.4 is 0 Å². The van der Waals surface area contributed by atoms with Crippen LogP contribution in [0, 0.1) is 11.8 Å². The zero-order valence-electron chi connectivity index (χ0n) is 13.3. The number of ether oxygens (including phenoxy) is 1. The van der Waals surface area contributed by atoms with Crippen LogP contribution >= 0.6 is 15.9 Å². The molecule has 0 aliphatic heterocycles. The summed E-state index contributed by atoms with van der Waals surface area (Å²) in [7, 11) is -1.04. The minimum atomic E-state index is -1.04. The van der Waals surface area contributed by atoms with Crippen molar-refractivity contribution in [2.24, 2.45) is 0 Å². The quantitative estimate of drug-likeness (QED) is 0.440. The zero-order chi connectivity index (χ0) is 16.0. The zero-order valence-corrected chi connectivity index (χ0v) is 15.9. The molecule has 2 aromatic rings. The molecule has 1 aromatic heterocycles. The molecule has 0 amide bonds. The molecule has 0 saturated heterocycles. The van der Waals surface area contributed by atoms with Crippen molar-refractivity contribution in [3.05, 3.63) is 52.5 Å². The molecular weight excluding hydrogens is 356 g/mol. The predicted molar refractivity (Wildman–Crippen MR) is 96.5 cm³/mol. The van der Waals surface area contributed by atoms with Gasteiger partial charge in [-0.15, -0.1) is 0 Å². The average molecular weight is 377 g/mol.